The second-order valence-electron chi connectivity index (χ2n) is 9.13. The summed E-state index contributed by atoms with van der Waals surface area (Å²) in [6.45, 7) is 0.630. The van der Waals surface area contributed by atoms with E-state index in [1.165, 1.54) is 19.3 Å². The fourth-order valence-electron chi connectivity index (χ4n) is 4.33. The topological polar surface area (TPSA) is 165 Å². The standard InChI is InChI=1S/C28H31N5O5/c29-26(32-35)19-6-10-22(11-7-19)37-24-14-21(28(34)31-17-18-4-2-1-3-5-18)15-25(16-24)38-23-12-8-20(9-13-23)27(30)33-36/h6-16,18,35-36H,1-5,17H2,(H2,29,32)(H2,30,33)(H,31,34). The number of nitrogens with zero attached hydrogens (tertiary/aromatic N) is 2. The monoisotopic (exact) mass is 517 g/mol. The predicted molar refractivity (Wildman–Crippen MR) is 143 cm³/mol. The zero-order valence-corrected chi connectivity index (χ0v) is 20.8. The van der Waals surface area contributed by atoms with Crippen molar-refractivity contribution >= 4 is 17.6 Å². The van der Waals surface area contributed by atoms with Crippen molar-refractivity contribution in [2.24, 2.45) is 27.7 Å². The van der Waals surface area contributed by atoms with Crippen molar-refractivity contribution in [2.45, 2.75) is 32.1 Å². The van der Waals surface area contributed by atoms with Gasteiger partial charge in [0.05, 0.1) is 0 Å². The molecular formula is C28H31N5O5. The second kappa shape index (κ2) is 12.5. The Morgan fingerprint density at radius 3 is 1.66 bits per heavy atom. The number of nitrogens with two attached hydrogens (primary N) is 2. The van der Waals surface area contributed by atoms with Crippen LogP contribution in [0.1, 0.15) is 53.6 Å². The Balaban J connectivity index is 1.56. The van der Waals surface area contributed by atoms with Gasteiger partial charge in [-0.05, 0) is 79.4 Å². The van der Waals surface area contributed by atoms with E-state index in [0.717, 1.165) is 12.8 Å². The number of amidine groups is 2. The maximum atomic E-state index is 13.1. The number of amides is 1. The lowest BCUT2D eigenvalue weighted by atomic mass is 9.89. The summed E-state index contributed by atoms with van der Waals surface area (Å²) in [6.07, 6.45) is 5.91. The van der Waals surface area contributed by atoms with Gasteiger partial charge in [0.15, 0.2) is 11.7 Å². The molecule has 3 aromatic rings. The fraction of sp³-hybridized carbons (Fsp3) is 0.250. The minimum atomic E-state index is -0.213. The van der Waals surface area contributed by atoms with E-state index < -0.39 is 0 Å². The number of nitrogens with one attached hydrogen (secondary N) is 1. The van der Waals surface area contributed by atoms with Crippen LogP contribution in [0.2, 0.25) is 0 Å². The summed E-state index contributed by atoms with van der Waals surface area (Å²) < 4.78 is 12.0. The summed E-state index contributed by atoms with van der Waals surface area (Å²) in [5.74, 6) is 2.04. The minimum absolute atomic E-state index is 0.0121. The predicted octanol–water partition coefficient (Wildman–Crippen LogP) is 4.77. The molecule has 4 rings (SSSR count). The summed E-state index contributed by atoms with van der Waals surface area (Å²) >= 11 is 0. The van der Waals surface area contributed by atoms with Crippen molar-refractivity contribution in [2.75, 3.05) is 6.54 Å². The van der Waals surface area contributed by atoms with Crippen molar-refractivity contribution in [3.05, 3.63) is 83.4 Å². The quantitative estimate of drug-likeness (QED) is 0.118. The Morgan fingerprint density at radius 2 is 1.21 bits per heavy atom. The molecule has 0 radical (unpaired) electrons. The summed E-state index contributed by atoms with van der Waals surface area (Å²) in [4.78, 5) is 13.1. The van der Waals surface area contributed by atoms with Gasteiger partial charge in [0.2, 0.25) is 0 Å². The Kier molecular flexibility index (Phi) is 8.65. The molecule has 0 saturated heterocycles. The van der Waals surface area contributed by atoms with Gasteiger partial charge in [-0.15, -0.1) is 0 Å². The molecule has 1 amide bonds. The molecule has 0 aliphatic heterocycles. The van der Waals surface area contributed by atoms with Crippen molar-refractivity contribution < 1.29 is 24.7 Å². The highest BCUT2D eigenvalue weighted by Gasteiger charge is 2.17. The molecule has 198 valence electrons. The normalized spacial score (nSPS) is 14.6. The fourth-order valence-corrected chi connectivity index (χ4v) is 4.33. The van der Waals surface area contributed by atoms with Crippen LogP contribution in [0, 0.1) is 5.92 Å². The average molecular weight is 518 g/mol. The van der Waals surface area contributed by atoms with Crippen molar-refractivity contribution in [3.8, 4) is 23.0 Å². The molecule has 1 aliphatic carbocycles. The highest BCUT2D eigenvalue weighted by Crippen LogP contribution is 2.31. The molecular weight excluding hydrogens is 486 g/mol. The average Bonchev–Trinajstić information content (AvgIpc) is 2.96. The zero-order chi connectivity index (χ0) is 26.9. The maximum absolute atomic E-state index is 13.1. The van der Waals surface area contributed by atoms with Crippen LogP contribution in [-0.4, -0.2) is 34.5 Å². The van der Waals surface area contributed by atoms with Gasteiger partial charge in [0.25, 0.3) is 5.91 Å². The van der Waals surface area contributed by atoms with Crippen molar-refractivity contribution in [3.63, 3.8) is 0 Å². The molecule has 38 heavy (non-hydrogen) atoms. The number of carbonyl (C=O) groups is 1. The molecule has 1 saturated carbocycles. The molecule has 0 heterocycles. The third kappa shape index (κ3) is 6.94. The number of benzene rings is 3. The first-order valence-electron chi connectivity index (χ1n) is 12.4. The summed E-state index contributed by atoms with van der Waals surface area (Å²) in [5.41, 5.74) is 12.7. The molecule has 10 nitrogen and oxygen atoms in total. The number of hydrogen-bond donors (Lipinski definition) is 5. The van der Waals surface area contributed by atoms with Gasteiger partial charge in [-0.1, -0.05) is 29.6 Å². The molecule has 0 atom stereocenters. The van der Waals surface area contributed by atoms with Crippen LogP contribution in [0.15, 0.2) is 77.0 Å². The van der Waals surface area contributed by atoms with E-state index in [1.54, 1.807) is 66.7 Å². The van der Waals surface area contributed by atoms with Crippen LogP contribution in [0.25, 0.3) is 0 Å². The highest BCUT2D eigenvalue weighted by molar-refractivity contribution is 5.97. The van der Waals surface area contributed by atoms with E-state index in [4.69, 9.17) is 31.4 Å². The summed E-state index contributed by atoms with van der Waals surface area (Å²) in [6, 6.07) is 18.3. The Morgan fingerprint density at radius 1 is 0.737 bits per heavy atom. The van der Waals surface area contributed by atoms with E-state index in [1.807, 2.05) is 0 Å². The number of ether oxygens (including phenoxy) is 2. The van der Waals surface area contributed by atoms with Crippen LogP contribution < -0.4 is 26.3 Å². The molecule has 0 bridgehead atoms. The smallest absolute Gasteiger partial charge is 0.251 e. The molecule has 0 spiro atoms. The van der Waals surface area contributed by atoms with Gasteiger partial charge in [0, 0.05) is 29.3 Å². The minimum Gasteiger partial charge on any atom is -0.457 e. The van der Waals surface area contributed by atoms with E-state index in [9.17, 15) is 4.79 Å². The second-order valence-corrected chi connectivity index (χ2v) is 9.13. The molecule has 7 N–H and O–H groups in total. The van der Waals surface area contributed by atoms with Crippen LogP contribution in [-0.2, 0) is 0 Å². The first-order chi connectivity index (χ1) is 18.4. The number of oxime groups is 2. The molecule has 1 aliphatic rings. The van der Waals surface area contributed by atoms with Crippen LogP contribution in [0.3, 0.4) is 0 Å². The van der Waals surface area contributed by atoms with Gasteiger partial charge < -0.3 is 36.7 Å². The Hall–Kier alpha value is -4.73. The van der Waals surface area contributed by atoms with Crippen molar-refractivity contribution in [1.29, 1.82) is 0 Å². The van der Waals surface area contributed by atoms with E-state index in [0.29, 0.717) is 52.2 Å². The number of carbonyl (C=O) groups excluding carboxylic acids is 1. The lowest BCUT2D eigenvalue weighted by Gasteiger charge is -2.21. The lowest BCUT2D eigenvalue weighted by molar-refractivity contribution is 0.0943. The zero-order valence-electron chi connectivity index (χ0n) is 20.8. The molecule has 1 fully saturated rings. The molecule has 3 aromatic carbocycles. The van der Waals surface area contributed by atoms with E-state index >= 15 is 0 Å². The molecule has 10 heteroatoms. The molecule has 0 aromatic heterocycles. The van der Waals surface area contributed by atoms with Gasteiger partial charge >= 0.3 is 0 Å². The highest BCUT2D eigenvalue weighted by atomic mass is 16.5. The van der Waals surface area contributed by atoms with Crippen LogP contribution in [0.5, 0.6) is 23.0 Å². The van der Waals surface area contributed by atoms with E-state index in [-0.39, 0.29) is 17.6 Å². The first kappa shape index (κ1) is 26.3. The van der Waals surface area contributed by atoms with E-state index in [2.05, 4.69) is 15.6 Å². The Labute approximate surface area is 220 Å². The third-order valence-corrected chi connectivity index (χ3v) is 6.41. The van der Waals surface area contributed by atoms with Crippen LogP contribution in [0.4, 0.5) is 0 Å². The van der Waals surface area contributed by atoms with Crippen LogP contribution >= 0.6 is 0 Å². The van der Waals surface area contributed by atoms with Gasteiger partial charge in [0.1, 0.15) is 23.0 Å². The first-order valence-corrected chi connectivity index (χ1v) is 12.4. The lowest BCUT2D eigenvalue weighted by Crippen LogP contribution is -2.30. The van der Waals surface area contributed by atoms with Gasteiger partial charge in [-0.3, -0.25) is 4.79 Å². The number of rotatable bonds is 9. The van der Waals surface area contributed by atoms with Crippen molar-refractivity contribution in [1.82, 2.24) is 5.32 Å². The largest absolute Gasteiger partial charge is 0.457 e. The summed E-state index contributed by atoms with van der Waals surface area (Å²) in [7, 11) is 0. The summed E-state index contributed by atoms with van der Waals surface area (Å²) in [5, 5.41) is 26.8. The SMILES string of the molecule is NC(=NO)c1ccc(Oc2cc(Oc3ccc(C(N)=NO)cc3)cc(C(=O)NCC3CCCCC3)c2)cc1. The maximum Gasteiger partial charge on any atom is 0.251 e. The number of hydrogen-bond acceptors (Lipinski definition) is 7. The van der Waals surface area contributed by atoms with Gasteiger partial charge in [-0.2, -0.15) is 0 Å². The van der Waals surface area contributed by atoms with Gasteiger partial charge in [-0.25, -0.2) is 0 Å². The molecule has 0 unspecified atom stereocenters. The third-order valence-electron chi connectivity index (χ3n) is 6.41. The Bertz CT molecular complexity index is 1220.